The number of nitrogens with zero attached hydrogens (tertiary/aromatic N) is 4. The molecule has 0 saturated heterocycles. The molecule has 8 heteroatoms. The molecule has 0 aliphatic heterocycles. The minimum atomic E-state index is -0.586. The Labute approximate surface area is 114 Å². The third-order valence-corrected chi connectivity index (χ3v) is 2.66. The highest BCUT2D eigenvalue weighted by Gasteiger charge is 2.17. The number of nitrogens with one attached hydrogen (secondary N) is 1. The summed E-state index contributed by atoms with van der Waals surface area (Å²) in [6, 6.07) is 4.95. The van der Waals surface area contributed by atoms with Crippen molar-refractivity contribution in [2.24, 2.45) is 0 Å². The average Bonchev–Trinajstić information content (AvgIpc) is 2.79. The molecule has 2 aromatic heterocycles. The van der Waals surface area contributed by atoms with Gasteiger partial charge in [-0.3, -0.25) is 9.78 Å². The van der Waals surface area contributed by atoms with Gasteiger partial charge in [-0.1, -0.05) is 6.07 Å². The Morgan fingerprint density at radius 3 is 2.95 bits per heavy atom. The van der Waals surface area contributed by atoms with Crippen LogP contribution in [0.4, 0.5) is 5.82 Å². The molecule has 0 spiro atoms. The number of carbonyl (C=O) groups is 1. The normalized spacial score (nSPS) is 10.2. The Morgan fingerprint density at radius 2 is 2.35 bits per heavy atom. The fourth-order valence-corrected chi connectivity index (χ4v) is 1.64. The number of carbonyl (C=O) groups excluding carboxylic acids is 1. The van der Waals surface area contributed by atoms with E-state index in [0.717, 1.165) is 5.56 Å². The summed E-state index contributed by atoms with van der Waals surface area (Å²) in [6.07, 6.45) is 3.31. The summed E-state index contributed by atoms with van der Waals surface area (Å²) in [5.41, 5.74) is 1.44. The maximum Gasteiger partial charge on any atom is 0.390 e. The fourth-order valence-electron chi connectivity index (χ4n) is 1.64. The zero-order valence-electron chi connectivity index (χ0n) is 10.8. The second kappa shape index (κ2) is 5.91. The second-order valence-electron chi connectivity index (χ2n) is 4.20. The summed E-state index contributed by atoms with van der Waals surface area (Å²) in [5.74, 6) is -0.530. The third kappa shape index (κ3) is 3.37. The number of aryl methyl sites for hydroxylation is 1. The van der Waals surface area contributed by atoms with Crippen LogP contribution >= 0.6 is 0 Å². The van der Waals surface area contributed by atoms with Gasteiger partial charge >= 0.3 is 5.82 Å². The maximum atomic E-state index is 11.8. The van der Waals surface area contributed by atoms with Gasteiger partial charge in [0.15, 0.2) is 0 Å². The van der Waals surface area contributed by atoms with Crippen LogP contribution in [0.1, 0.15) is 11.3 Å². The molecule has 104 valence electrons. The van der Waals surface area contributed by atoms with Gasteiger partial charge in [-0.15, -0.1) is 0 Å². The third-order valence-electron chi connectivity index (χ3n) is 2.66. The number of rotatable bonds is 5. The highest BCUT2D eigenvalue weighted by Crippen LogP contribution is 2.10. The van der Waals surface area contributed by atoms with E-state index in [0.29, 0.717) is 12.2 Å². The van der Waals surface area contributed by atoms with Gasteiger partial charge in [0.1, 0.15) is 6.54 Å². The Morgan fingerprint density at radius 1 is 1.55 bits per heavy atom. The summed E-state index contributed by atoms with van der Waals surface area (Å²) in [5, 5.41) is 17.0. The van der Waals surface area contributed by atoms with Gasteiger partial charge in [0, 0.05) is 18.9 Å². The van der Waals surface area contributed by atoms with E-state index in [1.165, 1.54) is 10.7 Å². The van der Waals surface area contributed by atoms with Gasteiger partial charge in [-0.25, -0.2) is 0 Å². The first kappa shape index (κ1) is 13.7. The Hall–Kier alpha value is -2.77. The molecule has 0 bridgehead atoms. The lowest BCUT2D eigenvalue weighted by atomic mass is 10.3. The minimum absolute atomic E-state index is 0.0556. The predicted octanol–water partition coefficient (Wildman–Crippen LogP) is 0.811. The van der Waals surface area contributed by atoms with Crippen LogP contribution in [0, 0.1) is 17.0 Å². The quantitative estimate of drug-likeness (QED) is 0.642. The molecule has 1 N–H and O–H groups in total. The Bertz CT molecular complexity index is 623. The van der Waals surface area contributed by atoms with Crippen LogP contribution in [-0.2, 0) is 17.9 Å². The van der Waals surface area contributed by atoms with E-state index in [4.69, 9.17) is 0 Å². The lowest BCUT2D eigenvalue weighted by molar-refractivity contribution is -0.389. The molecule has 0 radical (unpaired) electrons. The van der Waals surface area contributed by atoms with Crippen LogP contribution in [-0.4, -0.2) is 25.6 Å². The van der Waals surface area contributed by atoms with Gasteiger partial charge in [-0.05, 0) is 23.5 Å². The van der Waals surface area contributed by atoms with Crippen molar-refractivity contribution in [3.8, 4) is 0 Å². The largest absolute Gasteiger partial charge is 0.390 e. The standard InChI is InChI=1S/C12H13N5O3/c1-9-5-11(17(19)20)15-16(9)8-12(18)14-7-10-3-2-4-13-6-10/h2-6H,7-8H2,1H3,(H,14,18). The van der Waals surface area contributed by atoms with Gasteiger partial charge in [0.2, 0.25) is 5.91 Å². The molecule has 2 heterocycles. The topological polar surface area (TPSA) is 103 Å². The van der Waals surface area contributed by atoms with Crippen molar-refractivity contribution in [2.75, 3.05) is 0 Å². The molecule has 0 unspecified atom stereocenters. The highest BCUT2D eigenvalue weighted by atomic mass is 16.6. The van der Waals surface area contributed by atoms with E-state index in [2.05, 4.69) is 15.4 Å². The van der Waals surface area contributed by atoms with Gasteiger partial charge in [0.05, 0.1) is 16.9 Å². The number of nitro groups is 1. The summed E-state index contributed by atoms with van der Waals surface area (Å²) in [6.45, 7) is 1.96. The number of pyridine rings is 1. The maximum absolute atomic E-state index is 11.8. The van der Waals surface area contributed by atoms with Crippen molar-refractivity contribution in [2.45, 2.75) is 20.0 Å². The van der Waals surface area contributed by atoms with Crippen LogP contribution < -0.4 is 5.32 Å². The van der Waals surface area contributed by atoms with Crippen molar-refractivity contribution in [1.29, 1.82) is 0 Å². The fraction of sp³-hybridized carbons (Fsp3) is 0.250. The molecule has 1 amide bonds. The second-order valence-corrected chi connectivity index (χ2v) is 4.20. The first-order chi connectivity index (χ1) is 9.56. The number of amides is 1. The van der Waals surface area contributed by atoms with Crippen molar-refractivity contribution in [1.82, 2.24) is 20.1 Å². The molecular weight excluding hydrogens is 262 g/mol. The van der Waals surface area contributed by atoms with Crippen LogP contribution in [0.3, 0.4) is 0 Å². The molecular formula is C12H13N5O3. The van der Waals surface area contributed by atoms with Gasteiger partial charge < -0.3 is 15.4 Å². The van der Waals surface area contributed by atoms with E-state index in [1.54, 1.807) is 25.4 Å². The first-order valence-electron chi connectivity index (χ1n) is 5.90. The SMILES string of the molecule is Cc1cc([N+](=O)[O-])nn1CC(=O)NCc1cccnc1. The molecule has 0 fully saturated rings. The molecule has 20 heavy (non-hydrogen) atoms. The summed E-state index contributed by atoms with van der Waals surface area (Å²) in [4.78, 5) is 25.7. The van der Waals surface area contributed by atoms with Crippen LogP contribution in [0.5, 0.6) is 0 Å². The van der Waals surface area contributed by atoms with E-state index in [9.17, 15) is 14.9 Å². The van der Waals surface area contributed by atoms with Crippen LogP contribution in [0.25, 0.3) is 0 Å². The molecule has 0 saturated carbocycles. The van der Waals surface area contributed by atoms with Gasteiger partial charge in [0.25, 0.3) is 0 Å². The summed E-state index contributed by atoms with van der Waals surface area (Å²) >= 11 is 0. The summed E-state index contributed by atoms with van der Waals surface area (Å²) in [7, 11) is 0. The number of aromatic nitrogens is 3. The molecule has 8 nitrogen and oxygen atoms in total. The smallest absolute Gasteiger partial charge is 0.358 e. The van der Waals surface area contributed by atoms with E-state index >= 15 is 0 Å². The lowest BCUT2D eigenvalue weighted by Gasteiger charge is -2.04. The zero-order chi connectivity index (χ0) is 14.5. The van der Waals surface area contributed by atoms with E-state index < -0.39 is 4.92 Å². The summed E-state index contributed by atoms with van der Waals surface area (Å²) < 4.78 is 1.30. The lowest BCUT2D eigenvalue weighted by Crippen LogP contribution is -2.28. The van der Waals surface area contributed by atoms with E-state index in [-0.39, 0.29) is 18.3 Å². The molecule has 2 aromatic rings. The highest BCUT2D eigenvalue weighted by molar-refractivity contribution is 5.75. The Balaban J connectivity index is 1.93. The number of hydrogen-bond acceptors (Lipinski definition) is 5. The first-order valence-corrected chi connectivity index (χ1v) is 5.90. The van der Waals surface area contributed by atoms with Crippen molar-refractivity contribution in [3.63, 3.8) is 0 Å². The van der Waals surface area contributed by atoms with Crippen LogP contribution in [0.15, 0.2) is 30.6 Å². The van der Waals surface area contributed by atoms with Crippen molar-refractivity contribution >= 4 is 11.7 Å². The van der Waals surface area contributed by atoms with Crippen LogP contribution in [0.2, 0.25) is 0 Å². The number of hydrogen-bond donors (Lipinski definition) is 1. The average molecular weight is 275 g/mol. The molecule has 0 aromatic carbocycles. The predicted molar refractivity (Wildman–Crippen MR) is 69.7 cm³/mol. The zero-order valence-corrected chi connectivity index (χ0v) is 10.8. The molecule has 0 aliphatic carbocycles. The Kier molecular flexibility index (Phi) is 4.04. The molecule has 2 rings (SSSR count). The van der Waals surface area contributed by atoms with Crippen molar-refractivity contribution in [3.05, 3.63) is 52.0 Å². The molecule has 0 aliphatic rings. The van der Waals surface area contributed by atoms with Crippen molar-refractivity contribution < 1.29 is 9.72 Å². The van der Waals surface area contributed by atoms with E-state index in [1.807, 2.05) is 6.07 Å². The monoisotopic (exact) mass is 275 g/mol. The molecule has 0 atom stereocenters. The van der Waals surface area contributed by atoms with Gasteiger partial charge in [-0.2, -0.15) is 4.68 Å². The minimum Gasteiger partial charge on any atom is -0.358 e.